The van der Waals surface area contributed by atoms with Crippen LogP contribution in [0.3, 0.4) is 0 Å². The molecule has 0 spiro atoms. The molecule has 2 N–H and O–H groups in total. The van der Waals surface area contributed by atoms with Gasteiger partial charge in [-0.2, -0.15) is 0 Å². The first-order valence-electron chi connectivity index (χ1n) is 11.0. The van der Waals surface area contributed by atoms with Gasteiger partial charge >= 0.3 is 12.2 Å². The Morgan fingerprint density at radius 3 is 2.66 bits per heavy atom. The van der Waals surface area contributed by atoms with Gasteiger partial charge in [0.25, 0.3) is 0 Å². The van der Waals surface area contributed by atoms with Crippen LogP contribution in [0.15, 0.2) is 24.4 Å². The molecule has 1 aromatic carbocycles. The van der Waals surface area contributed by atoms with Crippen molar-refractivity contribution < 1.29 is 19.1 Å². The van der Waals surface area contributed by atoms with Crippen LogP contribution in [0, 0.1) is 0 Å². The number of likely N-dealkylation sites (N-methyl/N-ethyl adjacent to an activating group) is 1. The van der Waals surface area contributed by atoms with Crippen molar-refractivity contribution in [2.45, 2.75) is 26.2 Å². The summed E-state index contributed by atoms with van der Waals surface area (Å²) in [7, 11) is 2.05. The monoisotopic (exact) mass is 441 g/mol. The number of aromatic nitrogens is 1. The number of ether oxygens (including phenoxy) is 2. The molecule has 3 heterocycles. The molecule has 0 atom stereocenters. The highest BCUT2D eigenvalue weighted by molar-refractivity contribution is 5.98. The van der Waals surface area contributed by atoms with Crippen molar-refractivity contribution in [1.29, 1.82) is 0 Å². The van der Waals surface area contributed by atoms with Crippen LogP contribution in [0.2, 0.25) is 0 Å². The predicted octanol–water partition coefficient (Wildman–Crippen LogP) is 2.75. The highest BCUT2D eigenvalue weighted by Gasteiger charge is 2.32. The Bertz CT molecular complexity index is 1050. The van der Waals surface area contributed by atoms with Gasteiger partial charge in [0.15, 0.2) is 0 Å². The Labute approximate surface area is 187 Å². The van der Waals surface area contributed by atoms with E-state index in [9.17, 15) is 9.59 Å². The molecule has 2 aromatic rings. The quantitative estimate of drug-likeness (QED) is 0.757. The lowest BCUT2D eigenvalue weighted by atomic mass is 9.83. The number of benzene rings is 1. The van der Waals surface area contributed by atoms with Gasteiger partial charge in [-0.15, -0.1) is 0 Å². The minimum atomic E-state index is -0.547. The molecule has 0 unspecified atom stereocenters. The van der Waals surface area contributed by atoms with Crippen LogP contribution in [0.1, 0.15) is 32.0 Å². The SMILES string of the molecule is CCOC(=O)n1c2c(c3ccc(OC(=O)NN4CCN(C)CC4)cc31)C(C)(C)CNC=C2. The van der Waals surface area contributed by atoms with Crippen molar-refractivity contribution in [3.05, 3.63) is 35.7 Å². The molecule has 172 valence electrons. The van der Waals surface area contributed by atoms with Crippen molar-refractivity contribution >= 4 is 29.2 Å². The third-order valence-electron chi connectivity index (χ3n) is 5.97. The highest BCUT2D eigenvalue weighted by atomic mass is 16.6. The maximum absolute atomic E-state index is 12.9. The minimum Gasteiger partial charge on any atom is -0.449 e. The largest absolute Gasteiger partial charge is 0.449 e. The molecule has 0 bridgehead atoms. The molecule has 4 rings (SSSR count). The second-order valence-electron chi connectivity index (χ2n) is 8.86. The Morgan fingerprint density at radius 2 is 1.94 bits per heavy atom. The summed E-state index contributed by atoms with van der Waals surface area (Å²) in [5, 5.41) is 6.06. The fourth-order valence-electron chi connectivity index (χ4n) is 4.32. The maximum Gasteiger partial charge on any atom is 0.427 e. The van der Waals surface area contributed by atoms with Gasteiger partial charge in [-0.25, -0.2) is 19.2 Å². The van der Waals surface area contributed by atoms with Crippen molar-refractivity contribution in [3.63, 3.8) is 0 Å². The summed E-state index contributed by atoms with van der Waals surface area (Å²) >= 11 is 0. The summed E-state index contributed by atoms with van der Waals surface area (Å²) < 4.78 is 12.5. The van der Waals surface area contributed by atoms with E-state index >= 15 is 0 Å². The Balaban J connectivity index is 1.67. The van der Waals surface area contributed by atoms with Crippen molar-refractivity contribution in [2.75, 3.05) is 46.4 Å². The average molecular weight is 442 g/mol. The van der Waals surface area contributed by atoms with Crippen molar-refractivity contribution in [2.24, 2.45) is 0 Å². The van der Waals surface area contributed by atoms with Gasteiger partial charge in [0, 0.05) is 49.6 Å². The first kappa shape index (κ1) is 22.2. The topological polar surface area (TPSA) is 88.1 Å². The number of amides is 1. The van der Waals surface area contributed by atoms with Crippen LogP contribution < -0.4 is 15.5 Å². The van der Waals surface area contributed by atoms with E-state index < -0.39 is 12.2 Å². The van der Waals surface area contributed by atoms with Crippen molar-refractivity contribution in [1.82, 2.24) is 25.2 Å². The number of fused-ring (bicyclic) bond motifs is 3. The van der Waals surface area contributed by atoms with Crippen LogP contribution in [0.5, 0.6) is 5.75 Å². The fourth-order valence-corrected chi connectivity index (χ4v) is 4.32. The lowest BCUT2D eigenvalue weighted by Crippen LogP contribution is -2.53. The Hall–Kier alpha value is -3.04. The van der Waals surface area contributed by atoms with Crippen LogP contribution >= 0.6 is 0 Å². The lowest BCUT2D eigenvalue weighted by Gasteiger charge is -2.31. The molecule has 9 heteroatoms. The summed E-state index contributed by atoms with van der Waals surface area (Å²) in [5.41, 5.74) is 5.04. The number of hydrogen-bond acceptors (Lipinski definition) is 7. The minimum absolute atomic E-state index is 0.226. The molecule has 1 saturated heterocycles. The normalized spacial score (nSPS) is 18.5. The second kappa shape index (κ2) is 8.84. The van der Waals surface area contributed by atoms with E-state index in [1.807, 2.05) is 23.4 Å². The van der Waals surface area contributed by atoms with Crippen LogP contribution in [0.4, 0.5) is 9.59 Å². The van der Waals surface area contributed by atoms with E-state index in [0.29, 0.717) is 11.3 Å². The van der Waals surface area contributed by atoms with Gasteiger partial charge in [-0.1, -0.05) is 13.8 Å². The predicted molar refractivity (Wildman–Crippen MR) is 123 cm³/mol. The number of carbonyl (C=O) groups excluding carboxylic acids is 2. The third kappa shape index (κ3) is 4.31. The number of carbonyl (C=O) groups is 2. The van der Waals surface area contributed by atoms with E-state index in [-0.39, 0.29) is 12.0 Å². The average Bonchev–Trinajstić information content (AvgIpc) is 2.98. The molecule has 9 nitrogen and oxygen atoms in total. The standard InChI is InChI=1S/C23H31N5O4/c1-5-31-22(30)28-18-8-9-24-15-23(2,3)20(18)17-7-6-16(14-19(17)28)32-21(29)25-27-12-10-26(4)11-13-27/h6-9,14,24H,5,10-13,15H2,1-4H3,(H,25,29). The van der Waals surface area contributed by atoms with Gasteiger partial charge in [-0.05, 0) is 43.9 Å². The summed E-state index contributed by atoms with van der Waals surface area (Å²) in [6.07, 6.45) is 2.74. The number of piperazine rings is 1. The van der Waals surface area contributed by atoms with Crippen LogP contribution in [0.25, 0.3) is 17.0 Å². The smallest absolute Gasteiger partial charge is 0.427 e. The molecule has 1 fully saturated rings. The number of nitrogens with zero attached hydrogens (tertiary/aromatic N) is 3. The van der Waals surface area contributed by atoms with E-state index in [1.165, 1.54) is 0 Å². The molecule has 2 aliphatic rings. The van der Waals surface area contributed by atoms with E-state index in [1.54, 1.807) is 23.6 Å². The first-order chi connectivity index (χ1) is 15.3. The highest BCUT2D eigenvalue weighted by Crippen LogP contribution is 2.39. The molecule has 0 radical (unpaired) electrons. The zero-order valence-corrected chi connectivity index (χ0v) is 19.1. The van der Waals surface area contributed by atoms with E-state index in [4.69, 9.17) is 9.47 Å². The molecule has 0 saturated carbocycles. The summed E-state index contributed by atoms with van der Waals surface area (Å²) in [6.45, 7) is 10.3. The number of hydrazine groups is 1. The number of nitrogens with one attached hydrogen (secondary N) is 2. The van der Waals surface area contributed by atoms with Crippen LogP contribution in [-0.4, -0.2) is 73.0 Å². The molecular weight excluding hydrogens is 410 g/mol. The maximum atomic E-state index is 12.9. The van der Waals surface area contributed by atoms with Gasteiger partial charge in [0.05, 0.1) is 17.8 Å². The second-order valence-corrected chi connectivity index (χ2v) is 8.86. The Morgan fingerprint density at radius 1 is 1.19 bits per heavy atom. The molecule has 1 amide bonds. The van der Waals surface area contributed by atoms with Gasteiger partial charge < -0.3 is 19.7 Å². The molecule has 1 aromatic heterocycles. The van der Waals surface area contributed by atoms with Crippen molar-refractivity contribution in [3.8, 4) is 5.75 Å². The number of rotatable bonds is 3. The zero-order chi connectivity index (χ0) is 22.9. The fraction of sp³-hybridized carbons (Fsp3) is 0.478. The molecule has 2 aliphatic heterocycles. The summed E-state index contributed by atoms with van der Waals surface area (Å²) in [5.74, 6) is 0.363. The Kier molecular flexibility index (Phi) is 6.12. The summed E-state index contributed by atoms with van der Waals surface area (Å²) in [4.78, 5) is 27.6. The van der Waals surface area contributed by atoms with Gasteiger partial charge in [0.1, 0.15) is 5.75 Å². The van der Waals surface area contributed by atoms with Gasteiger partial charge in [0.2, 0.25) is 0 Å². The third-order valence-corrected chi connectivity index (χ3v) is 5.97. The molecule has 32 heavy (non-hydrogen) atoms. The summed E-state index contributed by atoms with van der Waals surface area (Å²) in [6, 6.07) is 5.39. The first-order valence-corrected chi connectivity index (χ1v) is 11.0. The zero-order valence-electron chi connectivity index (χ0n) is 19.1. The molecular formula is C23H31N5O4. The number of hydrogen-bond donors (Lipinski definition) is 2. The van der Waals surface area contributed by atoms with E-state index in [2.05, 4.69) is 36.5 Å². The van der Waals surface area contributed by atoms with Crippen LogP contribution in [-0.2, 0) is 10.2 Å². The lowest BCUT2D eigenvalue weighted by molar-refractivity contribution is 0.0977. The van der Waals surface area contributed by atoms with Gasteiger partial charge in [-0.3, -0.25) is 5.43 Å². The van der Waals surface area contributed by atoms with E-state index in [0.717, 1.165) is 49.4 Å². The molecule has 0 aliphatic carbocycles.